The lowest BCUT2D eigenvalue weighted by molar-refractivity contribution is 0.136. The van der Waals surface area contributed by atoms with Crippen LogP contribution in [0.15, 0.2) is 0 Å². The first-order valence-corrected chi connectivity index (χ1v) is 4.62. The van der Waals surface area contributed by atoms with E-state index in [0.29, 0.717) is 0 Å². The third kappa shape index (κ3) is 1.57. The molecule has 0 amide bonds. The third-order valence-corrected chi connectivity index (χ3v) is 3.02. The van der Waals surface area contributed by atoms with E-state index in [1.165, 1.54) is 25.9 Å². The van der Waals surface area contributed by atoms with Gasteiger partial charge in [0.1, 0.15) is 0 Å². The Balaban J connectivity index is 1.96. The predicted octanol–water partition coefficient (Wildman–Crippen LogP) is 0.975. The summed E-state index contributed by atoms with van der Waals surface area (Å²) in [5, 5.41) is 0. The van der Waals surface area contributed by atoms with Crippen molar-refractivity contribution in [2.75, 3.05) is 33.4 Å². The topological polar surface area (TPSA) is 12.5 Å². The summed E-state index contributed by atoms with van der Waals surface area (Å²) in [4.78, 5) is 2.46. The van der Waals surface area contributed by atoms with Crippen molar-refractivity contribution in [2.45, 2.75) is 12.8 Å². The first-order valence-electron chi connectivity index (χ1n) is 4.62. The second-order valence-electron chi connectivity index (χ2n) is 3.93. The van der Waals surface area contributed by atoms with Crippen LogP contribution < -0.4 is 0 Å². The molecule has 0 bridgehead atoms. The van der Waals surface area contributed by atoms with Crippen LogP contribution in [0.1, 0.15) is 12.8 Å². The lowest BCUT2D eigenvalue weighted by Gasteiger charge is -2.11. The molecule has 11 heavy (non-hydrogen) atoms. The fourth-order valence-electron chi connectivity index (χ4n) is 2.40. The average molecular weight is 155 g/mol. The van der Waals surface area contributed by atoms with Crippen LogP contribution in [0.3, 0.4) is 0 Å². The van der Waals surface area contributed by atoms with Gasteiger partial charge in [0.2, 0.25) is 0 Å². The molecule has 0 saturated carbocycles. The van der Waals surface area contributed by atoms with Gasteiger partial charge in [0, 0.05) is 26.3 Å². The standard InChI is InChI=1S/C9H17NO/c1-10-6-8-2-4-11-5-3-9(8)7-10/h8-9H,2-7H2,1H3. The highest BCUT2D eigenvalue weighted by molar-refractivity contribution is 4.83. The van der Waals surface area contributed by atoms with Crippen LogP contribution >= 0.6 is 0 Å². The molecule has 2 nitrogen and oxygen atoms in total. The third-order valence-electron chi connectivity index (χ3n) is 3.02. The molecule has 2 atom stereocenters. The quantitative estimate of drug-likeness (QED) is 0.517. The van der Waals surface area contributed by atoms with E-state index >= 15 is 0 Å². The number of ether oxygens (including phenoxy) is 1. The summed E-state index contributed by atoms with van der Waals surface area (Å²) in [7, 11) is 2.23. The number of rotatable bonds is 0. The molecule has 2 rings (SSSR count). The Morgan fingerprint density at radius 1 is 1.09 bits per heavy atom. The molecule has 0 N–H and O–H groups in total. The molecule has 2 aliphatic heterocycles. The van der Waals surface area contributed by atoms with Gasteiger partial charge in [-0.15, -0.1) is 0 Å². The smallest absolute Gasteiger partial charge is 0.0469 e. The molecule has 64 valence electrons. The summed E-state index contributed by atoms with van der Waals surface area (Å²) >= 11 is 0. The van der Waals surface area contributed by atoms with Crippen LogP contribution in [0, 0.1) is 11.8 Å². The maximum atomic E-state index is 5.45. The molecular weight excluding hydrogens is 138 g/mol. The van der Waals surface area contributed by atoms with Crippen molar-refractivity contribution in [2.24, 2.45) is 11.8 Å². The first-order chi connectivity index (χ1) is 5.36. The number of nitrogens with zero attached hydrogens (tertiary/aromatic N) is 1. The summed E-state index contributed by atoms with van der Waals surface area (Å²) in [6, 6.07) is 0. The summed E-state index contributed by atoms with van der Waals surface area (Å²) in [6.45, 7) is 4.59. The van der Waals surface area contributed by atoms with Crippen LogP contribution in [-0.4, -0.2) is 38.3 Å². The molecule has 2 saturated heterocycles. The average Bonchev–Trinajstić information content (AvgIpc) is 2.17. The molecule has 2 heterocycles. The van der Waals surface area contributed by atoms with Gasteiger partial charge in [-0.05, 0) is 31.7 Å². The van der Waals surface area contributed by atoms with Gasteiger partial charge >= 0.3 is 0 Å². The van der Waals surface area contributed by atoms with Gasteiger partial charge in [-0.25, -0.2) is 0 Å². The van der Waals surface area contributed by atoms with Crippen LogP contribution in [0.5, 0.6) is 0 Å². The van der Waals surface area contributed by atoms with Gasteiger partial charge < -0.3 is 9.64 Å². The van der Waals surface area contributed by atoms with E-state index < -0.39 is 0 Å². The van der Waals surface area contributed by atoms with Crippen molar-refractivity contribution in [1.82, 2.24) is 4.90 Å². The molecule has 2 aliphatic rings. The molecule has 0 spiro atoms. The molecule has 0 radical (unpaired) electrons. The van der Waals surface area contributed by atoms with E-state index in [9.17, 15) is 0 Å². The van der Waals surface area contributed by atoms with E-state index in [1.807, 2.05) is 0 Å². The number of fused-ring (bicyclic) bond motifs is 1. The van der Waals surface area contributed by atoms with E-state index in [1.54, 1.807) is 0 Å². The van der Waals surface area contributed by atoms with Gasteiger partial charge in [-0.2, -0.15) is 0 Å². The zero-order valence-corrected chi connectivity index (χ0v) is 7.25. The highest BCUT2D eigenvalue weighted by Crippen LogP contribution is 2.29. The number of hydrogen-bond donors (Lipinski definition) is 0. The van der Waals surface area contributed by atoms with Crippen molar-refractivity contribution in [1.29, 1.82) is 0 Å². The molecule has 0 aromatic carbocycles. The molecule has 2 unspecified atom stereocenters. The summed E-state index contributed by atoms with van der Waals surface area (Å²) < 4.78 is 5.45. The summed E-state index contributed by atoms with van der Waals surface area (Å²) in [5.74, 6) is 1.87. The van der Waals surface area contributed by atoms with Crippen LogP contribution in [-0.2, 0) is 4.74 Å². The Bertz CT molecular complexity index is 124. The highest BCUT2D eigenvalue weighted by Gasteiger charge is 2.31. The molecule has 2 heteroatoms. The molecule has 0 aliphatic carbocycles. The molecule has 2 fully saturated rings. The fraction of sp³-hybridized carbons (Fsp3) is 1.00. The minimum absolute atomic E-state index is 0.933. The Morgan fingerprint density at radius 3 is 2.18 bits per heavy atom. The zero-order chi connectivity index (χ0) is 7.68. The minimum Gasteiger partial charge on any atom is -0.381 e. The Hall–Kier alpha value is -0.0800. The number of likely N-dealkylation sites (tertiary alicyclic amines) is 1. The molecule has 0 aromatic rings. The van der Waals surface area contributed by atoms with Crippen LogP contribution in [0.4, 0.5) is 0 Å². The second-order valence-corrected chi connectivity index (χ2v) is 3.93. The Labute approximate surface area is 68.5 Å². The van der Waals surface area contributed by atoms with E-state index in [2.05, 4.69) is 11.9 Å². The molecular formula is C9H17NO. The summed E-state index contributed by atoms with van der Waals surface area (Å²) in [5.41, 5.74) is 0. The van der Waals surface area contributed by atoms with Gasteiger partial charge in [0.05, 0.1) is 0 Å². The van der Waals surface area contributed by atoms with E-state index in [0.717, 1.165) is 25.0 Å². The SMILES string of the molecule is CN1CC2CCOCCC2C1. The maximum Gasteiger partial charge on any atom is 0.0469 e. The second kappa shape index (κ2) is 3.11. The van der Waals surface area contributed by atoms with Crippen molar-refractivity contribution in [3.8, 4) is 0 Å². The Kier molecular flexibility index (Phi) is 2.14. The lowest BCUT2D eigenvalue weighted by atomic mass is 9.92. The minimum atomic E-state index is 0.933. The monoisotopic (exact) mass is 155 g/mol. The normalized spacial score (nSPS) is 40.1. The van der Waals surface area contributed by atoms with Crippen molar-refractivity contribution < 1.29 is 4.74 Å². The number of hydrogen-bond acceptors (Lipinski definition) is 2. The maximum absolute atomic E-state index is 5.45. The van der Waals surface area contributed by atoms with Crippen LogP contribution in [0.2, 0.25) is 0 Å². The first kappa shape index (κ1) is 7.56. The van der Waals surface area contributed by atoms with Crippen molar-refractivity contribution >= 4 is 0 Å². The fourth-order valence-corrected chi connectivity index (χ4v) is 2.40. The van der Waals surface area contributed by atoms with E-state index in [-0.39, 0.29) is 0 Å². The van der Waals surface area contributed by atoms with Crippen molar-refractivity contribution in [3.63, 3.8) is 0 Å². The highest BCUT2D eigenvalue weighted by atomic mass is 16.5. The van der Waals surface area contributed by atoms with Gasteiger partial charge in [0.15, 0.2) is 0 Å². The molecule has 0 aromatic heterocycles. The van der Waals surface area contributed by atoms with Crippen LogP contribution in [0.25, 0.3) is 0 Å². The van der Waals surface area contributed by atoms with Gasteiger partial charge in [-0.1, -0.05) is 0 Å². The summed E-state index contributed by atoms with van der Waals surface area (Å²) in [6.07, 6.45) is 2.57. The van der Waals surface area contributed by atoms with Crippen molar-refractivity contribution in [3.05, 3.63) is 0 Å². The predicted molar refractivity (Wildman–Crippen MR) is 44.5 cm³/mol. The Morgan fingerprint density at radius 2 is 1.64 bits per heavy atom. The zero-order valence-electron chi connectivity index (χ0n) is 7.25. The largest absolute Gasteiger partial charge is 0.381 e. The lowest BCUT2D eigenvalue weighted by Crippen LogP contribution is -2.15. The van der Waals surface area contributed by atoms with E-state index in [4.69, 9.17) is 4.74 Å². The van der Waals surface area contributed by atoms with Gasteiger partial charge in [-0.3, -0.25) is 0 Å². The van der Waals surface area contributed by atoms with Gasteiger partial charge in [0.25, 0.3) is 0 Å².